The Labute approximate surface area is 126 Å². The summed E-state index contributed by atoms with van der Waals surface area (Å²) in [5.41, 5.74) is 6.52. The summed E-state index contributed by atoms with van der Waals surface area (Å²) in [6.45, 7) is 0.651. The Morgan fingerprint density at radius 1 is 1.29 bits per heavy atom. The Morgan fingerprint density at radius 2 is 2.05 bits per heavy atom. The predicted molar refractivity (Wildman–Crippen MR) is 82.3 cm³/mol. The summed E-state index contributed by atoms with van der Waals surface area (Å²) in [5, 5.41) is 3.28. The number of hydrogen-bond acceptors (Lipinski definition) is 5. The van der Waals surface area contributed by atoms with Gasteiger partial charge >= 0.3 is 0 Å². The van der Waals surface area contributed by atoms with Crippen molar-refractivity contribution in [1.82, 2.24) is 9.97 Å². The van der Waals surface area contributed by atoms with Crippen LogP contribution in [-0.2, 0) is 4.79 Å². The number of nitrogens with zero attached hydrogens (tertiary/aromatic N) is 3. The van der Waals surface area contributed by atoms with Crippen LogP contribution in [0.4, 0.5) is 17.3 Å². The van der Waals surface area contributed by atoms with E-state index in [-0.39, 0.29) is 22.8 Å². The molecule has 1 unspecified atom stereocenters. The summed E-state index contributed by atoms with van der Waals surface area (Å²) in [4.78, 5) is 22.0. The van der Waals surface area contributed by atoms with E-state index in [1.165, 1.54) is 6.33 Å². The highest BCUT2D eigenvalue weighted by molar-refractivity contribution is 6.35. The van der Waals surface area contributed by atoms with Gasteiger partial charge in [-0.3, -0.25) is 4.79 Å². The van der Waals surface area contributed by atoms with Crippen LogP contribution in [0.15, 0.2) is 36.7 Å². The molecule has 1 aromatic carbocycles. The van der Waals surface area contributed by atoms with Gasteiger partial charge in [-0.2, -0.15) is 0 Å². The van der Waals surface area contributed by atoms with Gasteiger partial charge in [0.15, 0.2) is 5.82 Å². The molecular formula is C14H14ClN5O. The number of anilines is 3. The zero-order valence-corrected chi connectivity index (χ0v) is 11.9. The van der Waals surface area contributed by atoms with E-state index in [0.717, 1.165) is 5.69 Å². The molecule has 0 saturated carbocycles. The lowest BCUT2D eigenvalue weighted by Gasteiger charge is -2.17. The third-order valence-corrected chi connectivity index (χ3v) is 3.77. The fraction of sp³-hybridized carbons (Fsp3) is 0.214. The van der Waals surface area contributed by atoms with E-state index >= 15 is 0 Å². The maximum atomic E-state index is 12.5. The Bertz CT molecular complexity index is 664. The Hall–Kier alpha value is -2.34. The standard InChI is InChI=1S/C14H14ClN5O/c15-11-12(16)17-8-18-13(11)19-10-6-7-20(14(10)21)9-4-2-1-3-5-9/h1-5,8,10H,6-7H2,(H3,16,17,18,19). The van der Waals surface area contributed by atoms with Crippen LogP contribution in [-0.4, -0.2) is 28.5 Å². The molecule has 6 nitrogen and oxygen atoms in total. The zero-order chi connectivity index (χ0) is 14.8. The van der Waals surface area contributed by atoms with Crippen molar-refractivity contribution in [3.05, 3.63) is 41.7 Å². The molecule has 7 heteroatoms. The number of halogens is 1. The molecule has 1 aromatic heterocycles. The highest BCUT2D eigenvalue weighted by Crippen LogP contribution is 2.27. The first-order chi connectivity index (χ1) is 10.2. The van der Waals surface area contributed by atoms with Crippen molar-refractivity contribution in [2.24, 2.45) is 0 Å². The number of nitrogens with one attached hydrogen (secondary N) is 1. The molecule has 1 fully saturated rings. The second kappa shape index (κ2) is 5.57. The second-order valence-corrected chi connectivity index (χ2v) is 5.11. The van der Waals surface area contributed by atoms with E-state index in [9.17, 15) is 4.79 Å². The van der Waals surface area contributed by atoms with Crippen LogP contribution >= 0.6 is 11.6 Å². The maximum absolute atomic E-state index is 12.5. The van der Waals surface area contributed by atoms with Crippen molar-refractivity contribution in [2.45, 2.75) is 12.5 Å². The van der Waals surface area contributed by atoms with E-state index < -0.39 is 0 Å². The molecule has 1 saturated heterocycles. The number of rotatable bonds is 3. The van der Waals surface area contributed by atoms with Gasteiger partial charge in [-0.15, -0.1) is 0 Å². The Morgan fingerprint density at radius 3 is 2.81 bits per heavy atom. The molecule has 3 rings (SSSR count). The molecule has 108 valence electrons. The van der Waals surface area contributed by atoms with Crippen LogP contribution in [0.5, 0.6) is 0 Å². The predicted octanol–water partition coefficient (Wildman–Crippen LogP) is 1.93. The molecule has 2 heterocycles. The van der Waals surface area contributed by atoms with Crippen LogP contribution in [0, 0.1) is 0 Å². The summed E-state index contributed by atoms with van der Waals surface area (Å²) in [6.07, 6.45) is 1.99. The summed E-state index contributed by atoms with van der Waals surface area (Å²) in [5.74, 6) is 0.575. The van der Waals surface area contributed by atoms with Crippen molar-refractivity contribution in [3.63, 3.8) is 0 Å². The molecular weight excluding hydrogens is 290 g/mol. The molecule has 3 N–H and O–H groups in total. The van der Waals surface area contributed by atoms with E-state index in [2.05, 4.69) is 15.3 Å². The Balaban J connectivity index is 1.77. The fourth-order valence-corrected chi connectivity index (χ4v) is 2.48. The number of amides is 1. The average Bonchev–Trinajstić information content (AvgIpc) is 2.86. The Kier molecular flexibility index (Phi) is 3.62. The molecule has 0 radical (unpaired) electrons. The van der Waals surface area contributed by atoms with E-state index in [1.54, 1.807) is 4.90 Å². The smallest absolute Gasteiger partial charge is 0.249 e. The van der Waals surface area contributed by atoms with E-state index in [4.69, 9.17) is 17.3 Å². The van der Waals surface area contributed by atoms with Crippen molar-refractivity contribution < 1.29 is 4.79 Å². The number of aromatic nitrogens is 2. The summed E-state index contributed by atoms with van der Waals surface area (Å²) in [6, 6.07) is 9.20. The number of carbonyl (C=O) groups excluding carboxylic acids is 1. The minimum absolute atomic E-state index is 0.00514. The molecule has 1 aliphatic rings. The van der Waals surface area contributed by atoms with Gasteiger partial charge in [0, 0.05) is 12.2 Å². The average molecular weight is 304 g/mol. The van der Waals surface area contributed by atoms with Crippen molar-refractivity contribution in [2.75, 3.05) is 22.5 Å². The van der Waals surface area contributed by atoms with Gasteiger partial charge in [-0.1, -0.05) is 29.8 Å². The van der Waals surface area contributed by atoms with E-state index in [1.807, 2.05) is 30.3 Å². The third kappa shape index (κ3) is 2.62. The third-order valence-electron chi connectivity index (χ3n) is 3.40. The monoisotopic (exact) mass is 303 g/mol. The minimum Gasteiger partial charge on any atom is -0.382 e. The van der Waals surface area contributed by atoms with Gasteiger partial charge in [-0.05, 0) is 18.6 Å². The zero-order valence-electron chi connectivity index (χ0n) is 11.2. The molecule has 0 aliphatic carbocycles. The van der Waals surface area contributed by atoms with Gasteiger partial charge in [0.05, 0.1) is 0 Å². The lowest BCUT2D eigenvalue weighted by Crippen LogP contribution is -2.33. The summed E-state index contributed by atoms with van der Waals surface area (Å²) >= 11 is 6.04. The van der Waals surface area contributed by atoms with Crippen molar-refractivity contribution in [1.29, 1.82) is 0 Å². The van der Waals surface area contributed by atoms with Gasteiger partial charge in [0.2, 0.25) is 5.91 Å². The normalized spacial score (nSPS) is 18.0. The second-order valence-electron chi connectivity index (χ2n) is 4.73. The number of para-hydroxylation sites is 1. The van der Waals surface area contributed by atoms with Crippen LogP contribution in [0.25, 0.3) is 0 Å². The molecule has 2 aromatic rings. The molecule has 1 atom stereocenters. The number of benzene rings is 1. The molecule has 21 heavy (non-hydrogen) atoms. The quantitative estimate of drug-likeness (QED) is 0.905. The van der Waals surface area contributed by atoms with Crippen LogP contribution < -0.4 is 16.0 Å². The summed E-state index contributed by atoms with van der Waals surface area (Å²) < 4.78 is 0. The first-order valence-corrected chi connectivity index (χ1v) is 6.93. The molecule has 1 aliphatic heterocycles. The van der Waals surface area contributed by atoms with Crippen LogP contribution in [0.3, 0.4) is 0 Å². The van der Waals surface area contributed by atoms with Crippen LogP contribution in [0.2, 0.25) is 5.02 Å². The number of hydrogen-bond donors (Lipinski definition) is 2. The molecule has 0 bridgehead atoms. The first kappa shape index (κ1) is 13.6. The van der Waals surface area contributed by atoms with Gasteiger partial charge in [0.25, 0.3) is 0 Å². The number of nitrogens with two attached hydrogens (primary N) is 1. The minimum atomic E-state index is -0.364. The topological polar surface area (TPSA) is 84.1 Å². The van der Waals surface area contributed by atoms with Gasteiger partial charge in [-0.25, -0.2) is 9.97 Å². The SMILES string of the molecule is Nc1ncnc(NC2CCN(c3ccccc3)C2=O)c1Cl. The fourth-order valence-electron chi connectivity index (χ4n) is 2.33. The van der Waals surface area contributed by atoms with Gasteiger partial charge in [0.1, 0.15) is 23.2 Å². The molecule has 0 spiro atoms. The summed E-state index contributed by atoms with van der Waals surface area (Å²) in [7, 11) is 0. The number of carbonyl (C=O) groups is 1. The van der Waals surface area contributed by atoms with Gasteiger partial charge < -0.3 is 16.0 Å². The maximum Gasteiger partial charge on any atom is 0.249 e. The largest absolute Gasteiger partial charge is 0.382 e. The molecule has 1 amide bonds. The first-order valence-electron chi connectivity index (χ1n) is 6.56. The number of nitrogen functional groups attached to an aromatic ring is 1. The van der Waals surface area contributed by atoms with Crippen molar-refractivity contribution in [3.8, 4) is 0 Å². The van der Waals surface area contributed by atoms with Crippen molar-refractivity contribution >= 4 is 34.8 Å². The van der Waals surface area contributed by atoms with E-state index in [0.29, 0.717) is 18.8 Å². The highest BCUT2D eigenvalue weighted by Gasteiger charge is 2.33. The highest BCUT2D eigenvalue weighted by atomic mass is 35.5. The lowest BCUT2D eigenvalue weighted by molar-refractivity contribution is -0.117. The lowest BCUT2D eigenvalue weighted by atomic mass is 10.2. The van der Waals surface area contributed by atoms with Crippen LogP contribution in [0.1, 0.15) is 6.42 Å².